The number of hydrogen-bond donors (Lipinski definition) is 1. The minimum Gasteiger partial charge on any atom is -0.351 e. The highest BCUT2D eigenvalue weighted by Gasteiger charge is 2.48. The second-order valence-corrected chi connectivity index (χ2v) is 5.34. The van der Waals surface area contributed by atoms with Crippen LogP contribution < -0.4 is 5.32 Å². The van der Waals surface area contributed by atoms with E-state index in [0.717, 1.165) is 17.3 Å². The number of amides is 1. The summed E-state index contributed by atoms with van der Waals surface area (Å²) in [6.07, 6.45) is 3.18. The van der Waals surface area contributed by atoms with Crippen molar-refractivity contribution in [3.63, 3.8) is 0 Å². The molecule has 0 bridgehead atoms. The van der Waals surface area contributed by atoms with Crippen LogP contribution in [0, 0.1) is 0 Å². The summed E-state index contributed by atoms with van der Waals surface area (Å²) < 4.78 is 1.09. The summed E-state index contributed by atoms with van der Waals surface area (Å²) in [5, 5.41) is 3.00. The van der Waals surface area contributed by atoms with Crippen molar-refractivity contribution >= 4 is 21.8 Å². The summed E-state index contributed by atoms with van der Waals surface area (Å²) in [5.41, 5.74) is 2.33. The van der Waals surface area contributed by atoms with E-state index in [1.807, 2.05) is 6.07 Å². The van der Waals surface area contributed by atoms with Crippen LogP contribution in [0.1, 0.15) is 30.4 Å². The zero-order valence-corrected chi connectivity index (χ0v) is 9.93. The maximum atomic E-state index is 11.9. The van der Waals surface area contributed by atoms with Gasteiger partial charge >= 0.3 is 0 Å². The Kier molecular flexibility index (Phi) is 1.93. The quantitative estimate of drug-likeness (QED) is 0.768. The first-order chi connectivity index (χ1) is 7.22. The van der Waals surface area contributed by atoms with E-state index in [2.05, 4.69) is 33.4 Å². The second-order valence-electron chi connectivity index (χ2n) is 4.42. The molecule has 1 aliphatic heterocycles. The fourth-order valence-corrected chi connectivity index (χ4v) is 3.08. The molecule has 78 valence electrons. The van der Waals surface area contributed by atoms with Crippen LogP contribution in [-0.2, 0) is 16.8 Å². The van der Waals surface area contributed by atoms with Gasteiger partial charge in [0.25, 0.3) is 0 Å². The largest absolute Gasteiger partial charge is 0.351 e. The minimum absolute atomic E-state index is 0.186. The molecule has 1 heterocycles. The Balaban J connectivity index is 2.16. The number of nitrogens with one attached hydrogen (secondary N) is 1. The minimum atomic E-state index is -0.186. The van der Waals surface area contributed by atoms with Crippen molar-refractivity contribution in [1.82, 2.24) is 5.32 Å². The molecule has 3 rings (SSSR count). The van der Waals surface area contributed by atoms with E-state index in [1.165, 1.54) is 17.5 Å². The lowest BCUT2D eigenvalue weighted by atomic mass is 9.61. The number of benzene rings is 1. The van der Waals surface area contributed by atoms with Crippen LogP contribution in [0.3, 0.4) is 0 Å². The zero-order valence-electron chi connectivity index (χ0n) is 8.35. The average molecular weight is 266 g/mol. The Morgan fingerprint density at radius 2 is 2.13 bits per heavy atom. The highest BCUT2D eigenvalue weighted by Crippen LogP contribution is 2.47. The molecule has 1 aromatic rings. The number of halogens is 1. The first kappa shape index (κ1) is 9.40. The van der Waals surface area contributed by atoms with Gasteiger partial charge in [0.15, 0.2) is 0 Å². The topological polar surface area (TPSA) is 29.1 Å². The van der Waals surface area contributed by atoms with E-state index in [9.17, 15) is 4.79 Å². The molecule has 0 radical (unpaired) electrons. The Morgan fingerprint density at radius 1 is 1.33 bits per heavy atom. The van der Waals surface area contributed by atoms with E-state index >= 15 is 0 Å². The molecule has 1 amide bonds. The Hall–Kier alpha value is -0.830. The normalized spacial score (nSPS) is 21.8. The van der Waals surface area contributed by atoms with E-state index < -0.39 is 0 Å². The Morgan fingerprint density at radius 3 is 2.80 bits per heavy atom. The lowest BCUT2D eigenvalue weighted by Crippen LogP contribution is -2.52. The molecule has 1 spiro atoms. The van der Waals surface area contributed by atoms with E-state index in [1.54, 1.807) is 0 Å². The third kappa shape index (κ3) is 1.19. The molecular formula is C12H12BrNO. The van der Waals surface area contributed by atoms with Crippen LogP contribution in [0.2, 0.25) is 0 Å². The van der Waals surface area contributed by atoms with Crippen LogP contribution >= 0.6 is 15.9 Å². The van der Waals surface area contributed by atoms with Gasteiger partial charge in [-0.15, -0.1) is 0 Å². The molecule has 0 aromatic heterocycles. The van der Waals surface area contributed by atoms with Gasteiger partial charge in [0, 0.05) is 11.0 Å². The van der Waals surface area contributed by atoms with Crippen LogP contribution in [-0.4, -0.2) is 5.91 Å². The Bertz CT molecular complexity index is 437. The molecule has 1 saturated carbocycles. The van der Waals surface area contributed by atoms with E-state index in [0.29, 0.717) is 6.54 Å². The van der Waals surface area contributed by atoms with Crippen LogP contribution in [0.25, 0.3) is 0 Å². The molecular weight excluding hydrogens is 254 g/mol. The summed E-state index contributed by atoms with van der Waals surface area (Å²) in [4.78, 5) is 11.9. The monoisotopic (exact) mass is 265 g/mol. The first-order valence-electron chi connectivity index (χ1n) is 5.30. The van der Waals surface area contributed by atoms with Gasteiger partial charge in [-0.2, -0.15) is 0 Å². The lowest BCUT2D eigenvalue weighted by Gasteiger charge is -2.44. The van der Waals surface area contributed by atoms with Crippen molar-refractivity contribution in [2.75, 3.05) is 0 Å². The second kappa shape index (κ2) is 3.08. The number of hydrogen-bond acceptors (Lipinski definition) is 1. The van der Waals surface area contributed by atoms with Crippen molar-refractivity contribution in [2.24, 2.45) is 0 Å². The summed E-state index contributed by atoms with van der Waals surface area (Å²) in [7, 11) is 0. The molecule has 15 heavy (non-hydrogen) atoms. The van der Waals surface area contributed by atoms with Crippen molar-refractivity contribution in [2.45, 2.75) is 31.2 Å². The first-order valence-corrected chi connectivity index (χ1v) is 6.09. The SMILES string of the molecule is O=C1NCc2cc(Br)ccc2C12CCC2. The third-order valence-corrected chi connectivity index (χ3v) is 4.16. The summed E-state index contributed by atoms with van der Waals surface area (Å²) in [5.74, 6) is 0.226. The standard InChI is InChI=1S/C12H12BrNO/c13-9-2-3-10-8(6-9)7-14-11(15)12(10)4-1-5-12/h2-3,6H,1,4-5,7H2,(H,14,15). The van der Waals surface area contributed by atoms with Crippen LogP contribution in [0.15, 0.2) is 22.7 Å². The fraction of sp³-hybridized carbons (Fsp3) is 0.417. The highest BCUT2D eigenvalue weighted by atomic mass is 79.9. The molecule has 2 nitrogen and oxygen atoms in total. The summed E-state index contributed by atoms with van der Waals surface area (Å²) in [6, 6.07) is 6.27. The van der Waals surface area contributed by atoms with Gasteiger partial charge in [0.2, 0.25) is 5.91 Å². The predicted molar refractivity (Wildman–Crippen MR) is 61.5 cm³/mol. The van der Waals surface area contributed by atoms with E-state index in [-0.39, 0.29) is 11.3 Å². The molecule has 0 atom stereocenters. The summed E-state index contributed by atoms with van der Waals surface area (Å²) in [6.45, 7) is 0.676. The maximum absolute atomic E-state index is 11.9. The molecule has 1 aromatic carbocycles. The third-order valence-electron chi connectivity index (χ3n) is 3.66. The summed E-state index contributed by atoms with van der Waals surface area (Å²) >= 11 is 3.47. The fourth-order valence-electron chi connectivity index (χ4n) is 2.67. The molecule has 2 aliphatic rings. The predicted octanol–water partition coefficient (Wildman–Crippen LogP) is 2.50. The van der Waals surface area contributed by atoms with E-state index in [4.69, 9.17) is 0 Å². The maximum Gasteiger partial charge on any atom is 0.230 e. The number of carbonyl (C=O) groups excluding carboxylic acids is 1. The number of carbonyl (C=O) groups is 1. The van der Waals surface area contributed by atoms with Crippen LogP contribution in [0.4, 0.5) is 0 Å². The van der Waals surface area contributed by atoms with Crippen molar-refractivity contribution < 1.29 is 4.79 Å². The zero-order chi connectivity index (χ0) is 10.5. The molecule has 1 fully saturated rings. The molecule has 0 unspecified atom stereocenters. The Labute approximate surface area is 97.2 Å². The molecule has 0 saturated heterocycles. The number of fused-ring (bicyclic) bond motifs is 2. The van der Waals surface area contributed by atoms with Crippen LogP contribution in [0.5, 0.6) is 0 Å². The number of rotatable bonds is 0. The highest BCUT2D eigenvalue weighted by molar-refractivity contribution is 9.10. The lowest BCUT2D eigenvalue weighted by molar-refractivity contribution is -0.130. The van der Waals surface area contributed by atoms with Crippen molar-refractivity contribution in [3.8, 4) is 0 Å². The molecule has 3 heteroatoms. The van der Waals surface area contributed by atoms with Gasteiger partial charge in [0.1, 0.15) is 0 Å². The van der Waals surface area contributed by atoms with Crippen molar-refractivity contribution in [3.05, 3.63) is 33.8 Å². The smallest absolute Gasteiger partial charge is 0.230 e. The average Bonchev–Trinajstić information content (AvgIpc) is 2.15. The van der Waals surface area contributed by atoms with Gasteiger partial charge < -0.3 is 5.32 Å². The van der Waals surface area contributed by atoms with Gasteiger partial charge in [-0.3, -0.25) is 4.79 Å². The van der Waals surface area contributed by atoms with Crippen molar-refractivity contribution in [1.29, 1.82) is 0 Å². The van der Waals surface area contributed by atoms with Gasteiger partial charge in [-0.05, 0) is 36.1 Å². The van der Waals surface area contributed by atoms with Gasteiger partial charge in [0.05, 0.1) is 5.41 Å². The molecule has 1 aliphatic carbocycles. The van der Waals surface area contributed by atoms with Gasteiger partial charge in [-0.25, -0.2) is 0 Å². The van der Waals surface area contributed by atoms with Gasteiger partial charge in [-0.1, -0.05) is 28.4 Å². The molecule has 1 N–H and O–H groups in total.